The van der Waals surface area contributed by atoms with Gasteiger partial charge in [-0.2, -0.15) is 0 Å². The smallest absolute Gasteiger partial charge is 0.407 e. The van der Waals surface area contributed by atoms with Gasteiger partial charge >= 0.3 is 6.09 Å². The summed E-state index contributed by atoms with van der Waals surface area (Å²) >= 11 is 0. The molecule has 1 unspecified atom stereocenters. The van der Waals surface area contributed by atoms with Gasteiger partial charge in [-0.3, -0.25) is 0 Å². The molecule has 1 aliphatic rings. The van der Waals surface area contributed by atoms with E-state index in [2.05, 4.69) is 5.32 Å². The molecule has 0 aliphatic heterocycles. The first-order chi connectivity index (χ1) is 8.72. The second kappa shape index (κ2) is 9.16. The number of alkyl carbamates (subject to hydrolysis) is 1. The Balaban J connectivity index is 2.23. The average Bonchev–Trinajstić information content (AvgIpc) is 2.50. The van der Waals surface area contributed by atoms with Gasteiger partial charge in [-0.1, -0.05) is 38.5 Å². The van der Waals surface area contributed by atoms with Gasteiger partial charge < -0.3 is 20.3 Å². The van der Waals surface area contributed by atoms with E-state index < -0.39 is 18.8 Å². The van der Waals surface area contributed by atoms with Crippen LogP contribution in [0.25, 0.3) is 0 Å². The fourth-order valence-electron chi connectivity index (χ4n) is 2.21. The number of hydrogen-bond acceptors (Lipinski definition) is 4. The molecule has 5 nitrogen and oxygen atoms in total. The molecule has 1 rings (SSSR count). The molecule has 1 fully saturated rings. The van der Waals surface area contributed by atoms with Crippen LogP contribution in [0.3, 0.4) is 0 Å². The summed E-state index contributed by atoms with van der Waals surface area (Å²) in [6, 6.07) is 0.182. The van der Waals surface area contributed by atoms with Crippen molar-refractivity contribution < 1.29 is 19.7 Å². The summed E-state index contributed by atoms with van der Waals surface area (Å²) < 4.78 is 4.84. The van der Waals surface area contributed by atoms with Gasteiger partial charge in [0.15, 0.2) is 0 Å². The summed E-state index contributed by atoms with van der Waals surface area (Å²) in [5.41, 5.74) is 0. The molecular weight excluding hydrogens is 234 g/mol. The number of carbonyl (C=O) groups excluding carboxylic acids is 1. The van der Waals surface area contributed by atoms with Gasteiger partial charge in [0, 0.05) is 6.04 Å². The predicted octanol–water partition coefficient (Wildman–Crippen LogP) is 1.57. The Kier molecular flexibility index (Phi) is 7.76. The third-order valence-electron chi connectivity index (χ3n) is 3.29. The van der Waals surface area contributed by atoms with Gasteiger partial charge in [0.05, 0.1) is 6.61 Å². The molecule has 1 saturated carbocycles. The summed E-state index contributed by atoms with van der Waals surface area (Å²) in [5, 5.41) is 20.5. The molecule has 0 saturated heterocycles. The van der Waals surface area contributed by atoms with Crippen molar-refractivity contribution >= 4 is 6.09 Å². The lowest BCUT2D eigenvalue weighted by Gasteiger charge is -2.18. The second-order valence-corrected chi connectivity index (χ2v) is 4.97. The van der Waals surface area contributed by atoms with Crippen molar-refractivity contribution in [2.24, 2.45) is 0 Å². The number of amides is 1. The molecule has 1 amide bonds. The van der Waals surface area contributed by atoms with Gasteiger partial charge in [0.1, 0.15) is 12.7 Å². The Labute approximate surface area is 109 Å². The zero-order chi connectivity index (χ0) is 13.2. The van der Waals surface area contributed by atoms with Crippen LogP contribution >= 0.6 is 0 Å². The zero-order valence-electron chi connectivity index (χ0n) is 10.9. The molecule has 1 aliphatic carbocycles. The van der Waals surface area contributed by atoms with Gasteiger partial charge in [0.25, 0.3) is 0 Å². The van der Waals surface area contributed by atoms with Gasteiger partial charge in [0.2, 0.25) is 0 Å². The lowest BCUT2D eigenvalue weighted by molar-refractivity contribution is 0.0311. The van der Waals surface area contributed by atoms with Crippen LogP contribution < -0.4 is 5.32 Å². The minimum atomic E-state index is -0.990. The third-order valence-corrected chi connectivity index (χ3v) is 3.29. The van der Waals surface area contributed by atoms with Gasteiger partial charge in [-0.05, 0) is 12.8 Å². The maximum Gasteiger partial charge on any atom is 0.407 e. The Bertz CT molecular complexity index is 225. The minimum absolute atomic E-state index is 0.158. The Morgan fingerprint density at radius 2 is 1.72 bits per heavy atom. The minimum Gasteiger partial charge on any atom is -0.447 e. The molecule has 0 aromatic carbocycles. The standard InChI is InChI=1S/C13H25NO4/c15-9-12(16)10-18-13(17)14-11-7-5-3-1-2-4-6-8-11/h11-12,15-16H,1-10H2,(H,14,17). The molecular formula is C13H25NO4. The Morgan fingerprint density at radius 1 is 1.17 bits per heavy atom. The van der Waals surface area contributed by atoms with Crippen LogP contribution in [-0.2, 0) is 4.74 Å². The number of nitrogens with one attached hydrogen (secondary N) is 1. The molecule has 0 aromatic rings. The monoisotopic (exact) mass is 259 g/mol. The first kappa shape index (κ1) is 15.2. The molecule has 0 aromatic heterocycles. The van der Waals surface area contributed by atoms with E-state index >= 15 is 0 Å². The Morgan fingerprint density at radius 3 is 2.28 bits per heavy atom. The van der Waals surface area contributed by atoms with Crippen LogP contribution in [0, 0.1) is 0 Å². The fourth-order valence-corrected chi connectivity index (χ4v) is 2.21. The van der Waals surface area contributed by atoms with E-state index in [4.69, 9.17) is 14.9 Å². The number of aliphatic hydroxyl groups excluding tert-OH is 2. The Hall–Kier alpha value is -0.810. The summed E-state index contributed by atoms with van der Waals surface area (Å²) in [4.78, 5) is 11.5. The van der Waals surface area contributed by atoms with Gasteiger partial charge in [-0.25, -0.2) is 4.79 Å². The summed E-state index contributed by atoms with van der Waals surface area (Å²) in [6.45, 7) is -0.550. The maximum absolute atomic E-state index is 11.5. The SMILES string of the molecule is O=C(NC1CCCCCCCC1)OCC(O)CO. The van der Waals surface area contributed by atoms with E-state index in [0.717, 1.165) is 25.7 Å². The highest BCUT2D eigenvalue weighted by Gasteiger charge is 2.15. The highest BCUT2D eigenvalue weighted by Crippen LogP contribution is 2.17. The highest BCUT2D eigenvalue weighted by atomic mass is 16.6. The van der Waals surface area contributed by atoms with Crippen LogP contribution in [0.15, 0.2) is 0 Å². The van der Waals surface area contributed by atoms with Crippen molar-refractivity contribution in [3.05, 3.63) is 0 Å². The largest absolute Gasteiger partial charge is 0.447 e. The summed E-state index contributed by atoms with van der Waals surface area (Å²) in [6.07, 6.45) is 7.85. The van der Waals surface area contributed by atoms with Crippen molar-refractivity contribution in [1.29, 1.82) is 0 Å². The van der Waals surface area contributed by atoms with Crippen molar-refractivity contribution in [3.8, 4) is 0 Å². The molecule has 0 heterocycles. The normalized spacial score (nSPS) is 20.3. The van der Waals surface area contributed by atoms with Gasteiger partial charge in [-0.15, -0.1) is 0 Å². The van der Waals surface area contributed by atoms with Crippen LogP contribution in [0.1, 0.15) is 51.4 Å². The quantitative estimate of drug-likeness (QED) is 0.716. The maximum atomic E-state index is 11.5. The number of hydrogen-bond donors (Lipinski definition) is 3. The van der Waals surface area contributed by atoms with Crippen molar-refractivity contribution in [3.63, 3.8) is 0 Å². The number of ether oxygens (including phenoxy) is 1. The van der Waals surface area contributed by atoms with E-state index in [1.54, 1.807) is 0 Å². The van der Waals surface area contributed by atoms with Crippen molar-refractivity contribution in [2.45, 2.75) is 63.5 Å². The first-order valence-electron chi connectivity index (χ1n) is 6.94. The third kappa shape index (κ3) is 6.81. The highest BCUT2D eigenvalue weighted by molar-refractivity contribution is 5.67. The first-order valence-corrected chi connectivity index (χ1v) is 6.94. The predicted molar refractivity (Wildman–Crippen MR) is 68.3 cm³/mol. The van der Waals surface area contributed by atoms with E-state index in [0.29, 0.717) is 0 Å². The second-order valence-electron chi connectivity index (χ2n) is 4.97. The number of rotatable bonds is 4. The average molecular weight is 259 g/mol. The molecule has 1 atom stereocenters. The molecule has 0 bridgehead atoms. The lowest BCUT2D eigenvalue weighted by Crippen LogP contribution is -2.37. The van der Waals surface area contributed by atoms with E-state index in [1.165, 1.54) is 25.7 Å². The molecule has 5 heteroatoms. The summed E-state index contributed by atoms with van der Waals surface area (Å²) in [5.74, 6) is 0. The molecule has 106 valence electrons. The van der Waals surface area contributed by atoms with Crippen LogP contribution in [0.5, 0.6) is 0 Å². The number of carbonyl (C=O) groups is 1. The lowest BCUT2D eigenvalue weighted by atomic mass is 10.1. The fraction of sp³-hybridized carbons (Fsp3) is 0.923. The molecule has 0 spiro atoms. The van der Waals surface area contributed by atoms with Crippen LogP contribution in [0.4, 0.5) is 4.79 Å². The van der Waals surface area contributed by atoms with Crippen molar-refractivity contribution in [1.82, 2.24) is 5.32 Å². The van der Waals surface area contributed by atoms with E-state index in [9.17, 15) is 4.79 Å². The van der Waals surface area contributed by atoms with E-state index in [1.807, 2.05) is 0 Å². The molecule has 0 radical (unpaired) electrons. The van der Waals surface area contributed by atoms with E-state index in [-0.39, 0.29) is 12.6 Å². The zero-order valence-corrected chi connectivity index (χ0v) is 10.9. The number of aliphatic hydroxyl groups is 2. The van der Waals surface area contributed by atoms with Crippen LogP contribution in [-0.4, -0.2) is 41.7 Å². The van der Waals surface area contributed by atoms with Crippen LogP contribution in [0.2, 0.25) is 0 Å². The molecule has 18 heavy (non-hydrogen) atoms. The molecule has 3 N–H and O–H groups in total. The van der Waals surface area contributed by atoms with Crippen molar-refractivity contribution in [2.75, 3.05) is 13.2 Å². The summed E-state index contributed by atoms with van der Waals surface area (Å²) in [7, 11) is 0. The topological polar surface area (TPSA) is 78.8 Å².